The third kappa shape index (κ3) is 4.77. The molecule has 0 fully saturated rings. The van der Waals surface area contributed by atoms with Gasteiger partial charge in [-0.1, -0.05) is 41.9 Å². The molecule has 0 bridgehead atoms. The SMILES string of the molecule is CC(OCc1ccccc1)C(=O)NS(=O)(=O)c1ccc(Cl)cc1F. The molecule has 8 heteroatoms. The van der Waals surface area contributed by atoms with E-state index < -0.39 is 32.7 Å². The number of ether oxygens (including phenoxy) is 1. The maximum atomic E-state index is 13.7. The van der Waals surface area contributed by atoms with Gasteiger partial charge in [-0.3, -0.25) is 4.79 Å². The maximum Gasteiger partial charge on any atom is 0.267 e. The number of carbonyl (C=O) groups is 1. The minimum absolute atomic E-state index is 0.0531. The van der Waals surface area contributed by atoms with Gasteiger partial charge in [0.05, 0.1) is 6.61 Å². The van der Waals surface area contributed by atoms with Crippen molar-refractivity contribution in [3.05, 3.63) is 64.9 Å². The third-order valence-corrected chi connectivity index (χ3v) is 4.75. The highest BCUT2D eigenvalue weighted by Gasteiger charge is 2.25. The van der Waals surface area contributed by atoms with Gasteiger partial charge in [-0.25, -0.2) is 17.5 Å². The quantitative estimate of drug-likeness (QED) is 0.847. The van der Waals surface area contributed by atoms with Gasteiger partial charge in [-0.05, 0) is 30.7 Å². The summed E-state index contributed by atoms with van der Waals surface area (Å²) in [5.74, 6) is -1.93. The Hall–Kier alpha value is -1.96. The van der Waals surface area contributed by atoms with Crippen LogP contribution in [-0.4, -0.2) is 20.4 Å². The fourth-order valence-corrected chi connectivity index (χ4v) is 3.10. The molecule has 0 radical (unpaired) electrons. The summed E-state index contributed by atoms with van der Waals surface area (Å²) in [6.45, 7) is 1.55. The van der Waals surface area contributed by atoms with Gasteiger partial charge in [-0.2, -0.15) is 0 Å². The number of sulfonamides is 1. The van der Waals surface area contributed by atoms with Crippen LogP contribution in [0.15, 0.2) is 53.4 Å². The highest BCUT2D eigenvalue weighted by atomic mass is 35.5. The summed E-state index contributed by atoms with van der Waals surface area (Å²) in [5.41, 5.74) is 0.837. The van der Waals surface area contributed by atoms with Crippen LogP contribution in [0.3, 0.4) is 0 Å². The van der Waals surface area contributed by atoms with Crippen LogP contribution < -0.4 is 4.72 Å². The minimum atomic E-state index is -4.35. The van der Waals surface area contributed by atoms with Gasteiger partial charge in [0.1, 0.15) is 16.8 Å². The van der Waals surface area contributed by atoms with Gasteiger partial charge in [0, 0.05) is 5.02 Å². The Labute approximate surface area is 144 Å². The van der Waals surface area contributed by atoms with Crippen molar-refractivity contribution >= 4 is 27.5 Å². The molecule has 1 amide bonds. The van der Waals surface area contributed by atoms with Crippen LogP contribution in [0.5, 0.6) is 0 Å². The summed E-state index contributed by atoms with van der Waals surface area (Å²) < 4.78 is 45.0. The second-order valence-corrected chi connectivity index (χ2v) is 7.07. The van der Waals surface area contributed by atoms with Gasteiger partial charge < -0.3 is 4.74 Å². The predicted molar refractivity (Wildman–Crippen MR) is 87.4 cm³/mol. The highest BCUT2D eigenvalue weighted by molar-refractivity contribution is 7.90. The number of carbonyl (C=O) groups excluding carboxylic acids is 1. The molecule has 1 atom stereocenters. The summed E-state index contributed by atoms with van der Waals surface area (Å²) >= 11 is 5.58. The predicted octanol–water partition coefficient (Wildman–Crippen LogP) is 2.89. The lowest BCUT2D eigenvalue weighted by Gasteiger charge is -2.14. The molecule has 0 aliphatic rings. The van der Waals surface area contributed by atoms with Crippen LogP contribution >= 0.6 is 11.6 Å². The number of benzene rings is 2. The Balaban J connectivity index is 2.02. The first kappa shape index (κ1) is 18.4. The van der Waals surface area contributed by atoms with E-state index in [1.165, 1.54) is 13.0 Å². The van der Waals surface area contributed by atoms with Gasteiger partial charge in [0.2, 0.25) is 0 Å². The number of hydrogen-bond donors (Lipinski definition) is 1. The summed E-state index contributed by atoms with van der Waals surface area (Å²) in [5, 5.41) is 0.0531. The van der Waals surface area contributed by atoms with Crippen LogP contribution in [-0.2, 0) is 26.2 Å². The van der Waals surface area contributed by atoms with E-state index in [0.29, 0.717) is 0 Å². The molecule has 0 saturated heterocycles. The molecule has 2 aromatic rings. The Kier molecular flexibility index (Phi) is 5.93. The van der Waals surface area contributed by atoms with Crippen molar-refractivity contribution in [3.63, 3.8) is 0 Å². The molecule has 0 heterocycles. The molecule has 1 unspecified atom stereocenters. The van der Waals surface area contributed by atoms with E-state index in [9.17, 15) is 17.6 Å². The second kappa shape index (κ2) is 7.74. The molecule has 2 rings (SSSR count). The van der Waals surface area contributed by atoms with E-state index in [1.54, 1.807) is 4.72 Å². The van der Waals surface area contributed by atoms with Gasteiger partial charge in [0.25, 0.3) is 15.9 Å². The minimum Gasteiger partial charge on any atom is -0.364 e. The van der Waals surface area contributed by atoms with Crippen molar-refractivity contribution < 1.29 is 22.3 Å². The average Bonchev–Trinajstić information content (AvgIpc) is 2.52. The van der Waals surface area contributed by atoms with Crippen molar-refractivity contribution in [2.45, 2.75) is 24.5 Å². The molecule has 24 heavy (non-hydrogen) atoms. The summed E-state index contributed by atoms with van der Waals surface area (Å²) in [4.78, 5) is 11.3. The van der Waals surface area contributed by atoms with Gasteiger partial charge >= 0.3 is 0 Å². The van der Waals surface area contributed by atoms with Crippen LogP contribution in [0.1, 0.15) is 12.5 Å². The smallest absolute Gasteiger partial charge is 0.267 e. The van der Waals surface area contributed by atoms with Crippen molar-refractivity contribution in [1.82, 2.24) is 4.72 Å². The Morgan fingerprint density at radius 2 is 1.92 bits per heavy atom. The van der Waals surface area contributed by atoms with E-state index in [0.717, 1.165) is 17.7 Å². The summed E-state index contributed by atoms with van der Waals surface area (Å²) in [6.07, 6.45) is -1.03. The Bertz CT molecular complexity index is 827. The Morgan fingerprint density at radius 1 is 1.25 bits per heavy atom. The topological polar surface area (TPSA) is 72.5 Å². The summed E-state index contributed by atoms with van der Waals surface area (Å²) in [7, 11) is -4.35. The monoisotopic (exact) mass is 371 g/mol. The molecule has 0 aromatic heterocycles. The van der Waals surface area contributed by atoms with Crippen LogP contribution in [0.25, 0.3) is 0 Å². The average molecular weight is 372 g/mol. The molecule has 128 valence electrons. The molecule has 0 spiro atoms. The molecular weight excluding hydrogens is 357 g/mol. The normalized spacial score (nSPS) is 12.6. The lowest BCUT2D eigenvalue weighted by molar-refractivity contribution is -0.130. The largest absolute Gasteiger partial charge is 0.364 e. The van der Waals surface area contributed by atoms with Crippen LogP contribution in [0, 0.1) is 5.82 Å². The van der Waals surface area contributed by atoms with Crippen molar-refractivity contribution in [2.75, 3.05) is 0 Å². The van der Waals surface area contributed by atoms with E-state index in [1.807, 2.05) is 30.3 Å². The van der Waals surface area contributed by atoms with Crippen molar-refractivity contribution in [3.8, 4) is 0 Å². The first-order chi connectivity index (χ1) is 11.3. The zero-order valence-electron chi connectivity index (χ0n) is 12.7. The fourth-order valence-electron chi connectivity index (χ4n) is 1.83. The molecule has 2 aromatic carbocycles. The molecule has 0 aliphatic heterocycles. The fraction of sp³-hybridized carbons (Fsp3) is 0.188. The molecule has 5 nitrogen and oxygen atoms in total. The van der Waals surface area contributed by atoms with E-state index in [4.69, 9.17) is 16.3 Å². The number of rotatable bonds is 6. The highest BCUT2D eigenvalue weighted by Crippen LogP contribution is 2.19. The molecule has 0 saturated carbocycles. The second-order valence-electron chi connectivity index (χ2n) is 4.98. The third-order valence-electron chi connectivity index (χ3n) is 3.13. The van der Waals surface area contributed by atoms with Crippen molar-refractivity contribution in [1.29, 1.82) is 0 Å². The van der Waals surface area contributed by atoms with Crippen LogP contribution in [0.4, 0.5) is 4.39 Å². The van der Waals surface area contributed by atoms with E-state index in [2.05, 4.69) is 0 Å². The number of halogens is 2. The first-order valence-corrected chi connectivity index (χ1v) is 8.83. The van der Waals surface area contributed by atoms with E-state index >= 15 is 0 Å². The standard InChI is InChI=1S/C16H15ClFNO4S/c1-11(23-10-12-5-3-2-4-6-12)16(20)19-24(21,22)15-8-7-13(17)9-14(15)18/h2-9,11H,10H2,1H3,(H,19,20). The van der Waals surface area contributed by atoms with E-state index in [-0.39, 0.29) is 11.6 Å². The van der Waals surface area contributed by atoms with Gasteiger partial charge in [-0.15, -0.1) is 0 Å². The summed E-state index contributed by atoms with van der Waals surface area (Å²) in [6, 6.07) is 12.2. The first-order valence-electron chi connectivity index (χ1n) is 6.97. The number of amides is 1. The van der Waals surface area contributed by atoms with Gasteiger partial charge in [0.15, 0.2) is 0 Å². The number of nitrogens with one attached hydrogen (secondary N) is 1. The zero-order chi connectivity index (χ0) is 17.7. The molecule has 1 N–H and O–H groups in total. The molecule has 0 aliphatic carbocycles. The lowest BCUT2D eigenvalue weighted by Crippen LogP contribution is -2.38. The Morgan fingerprint density at radius 3 is 2.54 bits per heavy atom. The number of hydrogen-bond acceptors (Lipinski definition) is 4. The zero-order valence-corrected chi connectivity index (χ0v) is 14.3. The van der Waals surface area contributed by atoms with Crippen molar-refractivity contribution in [2.24, 2.45) is 0 Å². The van der Waals surface area contributed by atoms with Crippen LogP contribution in [0.2, 0.25) is 5.02 Å². The molecular formula is C16H15ClFNO4S. The lowest BCUT2D eigenvalue weighted by atomic mass is 10.2. The maximum absolute atomic E-state index is 13.7.